The first kappa shape index (κ1) is 16.1. The van der Waals surface area contributed by atoms with E-state index in [0.29, 0.717) is 17.4 Å². The van der Waals surface area contributed by atoms with Gasteiger partial charge in [0.05, 0.1) is 26.4 Å². The Morgan fingerprint density at radius 3 is 2.05 bits per heavy atom. The number of hydrogen-bond donors (Lipinski definition) is 2. The molecule has 5 heteroatoms. The number of hydrogen-bond acceptors (Lipinski definition) is 4. The lowest BCUT2D eigenvalue weighted by Crippen LogP contribution is -2.36. The molecule has 0 radical (unpaired) electrons. The highest BCUT2D eigenvalue weighted by atomic mass is 35.5. The molecule has 1 aromatic carbocycles. The maximum atomic E-state index is 10.2. The van der Waals surface area contributed by atoms with Gasteiger partial charge in [0.1, 0.15) is 11.5 Å². The van der Waals surface area contributed by atoms with Crippen molar-refractivity contribution < 1.29 is 14.6 Å². The Morgan fingerprint density at radius 2 is 1.68 bits per heavy atom. The van der Waals surface area contributed by atoms with Gasteiger partial charge in [0.2, 0.25) is 0 Å². The topological polar surface area (TPSA) is 64.7 Å². The molecule has 2 atom stereocenters. The third kappa shape index (κ3) is 3.53. The second-order valence-electron chi connectivity index (χ2n) is 4.85. The second-order valence-corrected chi connectivity index (χ2v) is 4.85. The Hall–Kier alpha value is -0.970. The minimum Gasteiger partial charge on any atom is -0.497 e. The van der Waals surface area contributed by atoms with Gasteiger partial charge in [-0.3, -0.25) is 0 Å². The summed E-state index contributed by atoms with van der Waals surface area (Å²) in [5, 5.41) is 10.2. The van der Waals surface area contributed by atoms with Crippen LogP contribution < -0.4 is 15.2 Å². The van der Waals surface area contributed by atoms with Crippen LogP contribution in [0.25, 0.3) is 0 Å². The van der Waals surface area contributed by atoms with Crippen LogP contribution in [0.1, 0.15) is 30.9 Å². The average molecular weight is 288 g/mol. The molecule has 0 aromatic heterocycles. The SMILES string of the molecule is COc1cc(OC)cc([C@@H](N)[C@@H](O)C2CCC2)c1.Cl. The summed E-state index contributed by atoms with van der Waals surface area (Å²) in [6, 6.07) is 5.12. The van der Waals surface area contributed by atoms with Crippen LogP contribution in [0.5, 0.6) is 11.5 Å². The summed E-state index contributed by atoms with van der Waals surface area (Å²) in [6.45, 7) is 0. The van der Waals surface area contributed by atoms with Crippen molar-refractivity contribution in [2.45, 2.75) is 31.4 Å². The predicted molar refractivity (Wildman–Crippen MR) is 77.1 cm³/mol. The zero-order valence-electron chi connectivity index (χ0n) is 11.3. The molecule has 1 aliphatic rings. The first-order valence-electron chi connectivity index (χ1n) is 6.32. The summed E-state index contributed by atoms with van der Waals surface area (Å²) in [5.74, 6) is 1.72. The summed E-state index contributed by atoms with van der Waals surface area (Å²) >= 11 is 0. The van der Waals surface area contributed by atoms with Crippen molar-refractivity contribution in [3.05, 3.63) is 23.8 Å². The molecule has 3 N–H and O–H groups in total. The number of methoxy groups -OCH3 is 2. The zero-order chi connectivity index (χ0) is 13.1. The van der Waals surface area contributed by atoms with Gasteiger partial charge in [0.25, 0.3) is 0 Å². The van der Waals surface area contributed by atoms with E-state index < -0.39 is 6.10 Å². The van der Waals surface area contributed by atoms with E-state index in [1.807, 2.05) is 12.1 Å². The fourth-order valence-corrected chi connectivity index (χ4v) is 2.29. The maximum absolute atomic E-state index is 10.2. The third-order valence-electron chi connectivity index (χ3n) is 3.76. The number of aliphatic hydroxyl groups is 1. The molecule has 108 valence electrons. The number of nitrogens with two attached hydrogens (primary N) is 1. The van der Waals surface area contributed by atoms with Crippen LogP contribution in [-0.4, -0.2) is 25.4 Å². The molecule has 1 aromatic rings. The van der Waals surface area contributed by atoms with Crippen LogP contribution in [0.2, 0.25) is 0 Å². The van der Waals surface area contributed by atoms with Gasteiger partial charge in [0, 0.05) is 6.07 Å². The van der Waals surface area contributed by atoms with Gasteiger partial charge in [0.15, 0.2) is 0 Å². The molecule has 0 amide bonds. The summed E-state index contributed by atoms with van der Waals surface area (Å²) in [6.07, 6.45) is 2.83. The Kier molecular flexibility index (Phi) is 5.91. The number of halogens is 1. The molecule has 0 unspecified atom stereocenters. The quantitative estimate of drug-likeness (QED) is 0.872. The molecule has 0 bridgehead atoms. The normalized spacial score (nSPS) is 17.9. The zero-order valence-corrected chi connectivity index (χ0v) is 12.2. The van der Waals surface area contributed by atoms with Crippen molar-refractivity contribution in [1.29, 1.82) is 0 Å². The Labute approximate surface area is 120 Å². The third-order valence-corrected chi connectivity index (χ3v) is 3.76. The lowest BCUT2D eigenvalue weighted by atomic mass is 9.77. The molecule has 1 saturated carbocycles. The maximum Gasteiger partial charge on any atom is 0.122 e. The molecular formula is C14H22ClNO3. The molecular weight excluding hydrogens is 266 g/mol. The highest BCUT2D eigenvalue weighted by Crippen LogP contribution is 2.35. The average Bonchev–Trinajstić information content (AvgIpc) is 2.34. The van der Waals surface area contributed by atoms with E-state index in [-0.39, 0.29) is 18.4 Å². The van der Waals surface area contributed by atoms with Gasteiger partial charge in [-0.1, -0.05) is 6.42 Å². The predicted octanol–water partition coefficient (Wildman–Crippen LogP) is 2.29. The monoisotopic (exact) mass is 287 g/mol. The summed E-state index contributed by atoms with van der Waals surface area (Å²) < 4.78 is 10.4. The van der Waals surface area contributed by atoms with E-state index in [0.717, 1.165) is 18.4 Å². The van der Waals surface area contributed by atoms with Crippen LogP contribution in [0.4, 0.5) is 0 Å². The molecule has 19 heavy (non-hydrogen) atoms. The van der Waals surface area contributed by atoms with E-state index >= 15 is 0 Å². The number of benzene rings is 1. The first-order valence-corrected chi connectivity index (χ1v) is 6.32. The van der Waals surface area contributed by atoms with Gasteiger partial charge in [-0.2, -0.15) is 0 Å². The molecule has 1 fully saturated rings. The molecule has 0 aliphatic heterocycles. The van der Waals surface area contributed by atoms with Gasteiger partial charge in [-0.15, -0.1) is 12.4 Å². The van der Waals surface area contributed by atoms with Crippen LogP contribution in [-0.2, 0) is 0 Å². The minimum absolute atomic E-state index is 0. The lowest BCUT2D eigenvalue weighted by molar-refractivity contribution is 0.0413. The molecule has 2 rings (SSSR count). The molecule has 1 aliphatic carbocycles. The van der Waals surface area contributed by atoms with Crippen LogP contribution >= 0.6 is 12.4 Å². The van der Waals surface area contributed by atoms with Crippen molar-refractivity contribution in [1.82, 2.24) is 0 Å². The van der Waals surface area contributed by atoms with Crippen LogP contribution in [0.15, 0.2) is 18.2 Å². The van der Waals surface area contributed by atoms with E-state index in [9.17, 15) is 5.11 Å². The molecule has 4 nitrogen and oxygen atoms in total. The Bertz CT molecular complexity index is 387. The number of ether oxygens (including phenoxy) is 2. The molecule has 0 spiro atoms. The standard InChI is InChI=1S/C14H21NO3.ClH/c1-17-11-6-10(7-12(8-11)18-2)13(15)14(16)9-4-3-5-9;/h6-9,13-14,16H,3-5,15H2,1-2H3;1H/t13-,14+;/m1./s1. The largest absolute Gasteiger partial charge is 0.497 e. The van der Waals surface area contributed by atoms with Crippen molar-refractivity contribution in [3.8, 4) is 11.5 Å². The summed E-state index contributed by atoms with van der Waals surface area (Å²) in [5.41, 5.74) is 6.99. The fourth-order valence-electron chi connectivity index (χ4n) is 2.29. The van der Waals surface area contributed by atoms with Gasteiger partial charge >= 0.3 is 0 Å². The van der Waals surface area contributed by atoms with Crippen molar-refractivity contribution in [2.24, 2.45) is 11.7 Å². The van der Waals surface area contributed by atoms with Crippen molar-refractivity contribution in [2.75, 3.05) is 14.2 Å². The summed E-state index contributed by atoms with van der Waals surface area (Å²) in [7, 11) is 3.21. The Balaban J connectivity index is 0.00000180. The van der Waals surface area contributed by atoms with E-state index in [1.165, 1.54) is 6.42 Å². The summed E-state index contributed by atoms with van der Waals surface area (Å²) in [4.78, 5) is 0. The van der Waals surface area contributed by atoms with Crippen molar-refractivity contribution in [3.63, 3.8) is 0 Å². The lowest BCUT2D eigenvalue weighted by Gasteiger charge is -2.34. The van der Waals surface area contributed by atoms with Gasteiger partial charge in [-0.05, 0) is 36.5 Å². The van der Waals surface area contributed by atoms with E-state index in [4.69, 9.17) is 15.2 Å². The number of rotatable bonds is 5. The van der Waals surface area contributed by atoms with E-state index in [1.54, 1.807) is 20.3 Å². The highest BCUT2D eigenvalue weighted by Gasteiger charge is 2.31. The molecule has 0 saturated heterocycles. The number of aliphatic hydroxyl groups excluding tert-OH is 1. The van der Waals surface area contributed by atoms with Crippen LogP contribution in [0.3, 0.4) is 0 Å². The fraction of sp³-hybridized carbons (Fsp3) is 0.571. The second kappa shape index (κ2) is 6.98. The minimum atomic E-state index is -0.490. The van der Waals surface area contributed by atoms with Gasteiger partial charge < -0.3 is 20.3 Å². The smallest absolute Gasteiger partial charge is 0.122 e. The van der Waals surface area contributed by atoms with E-state index in [2.05, 4.69) is 0 Å². The van der Waals surface area contributed by atoms with Crippen LogP contribution in [0, 0.1) is 5.92 Å². The molecule has 0 heterocycles. The van der Waals surface area contributed by atoms with Gasteiger partial charge in [-0.25, -0.2) is 0 Å². The Morgan fingerprint density at radius 1 is 1.16 bits per heavy atom. The highest BCUT2D eigenvalue weighted by molar-refractivity contribution is 5.85. The van der Waals surface area contributed by atoms with Crippen molar-refractivity contribution >= 4 is 12.4 Å². The first-order chi connectivity index (χ1) is 8.65.